The summed E-state index contributed by atoms with van der Waals surface area (Å²) in [7, 11) is -0.480. The van der Waals surface area contributed by atoms with E-state index in [1.54, 1.807) is 11.8 Å². The lowest BCUT2D eigenvalue weighted by molar-refractivity contribution is 0.00578. The quantitative estimate of drug-likeness (QED) is 0.778. The van der Waals surface area contributed by atoms with Crippen molar-refractivity contribution < 1.29 is 23.6 Å². The maximum atomic E-state index is 12.2. The summed E-state index contributed by atoms with van der Waals surface area (Å²) in [4.78, 5) is 13.8. The zero-order chi connectivity index (χ0) is 17.5. The van der Waals surface area contributed by atoms with E-state index >= 15 is 0 Å². The first-order chi connectivity index (χ1) is 11.2. The molecular weight excluding hydrogens is 309 g/mol. The van der Waals surface area contributed by atoms with Crippen molar-refractivity contribution in [1.82, 2.24) is 0 Å². The summed E-state index contributed by atoms with van der Waals surface area (Å²) < 4.78 is 23.0. The van der Waals surface area contributed by atoms with Gasteiger partial charge in [-0.3, -0.25) is 4.90 Å². The number of nitrogens with zero attached hydrogens (tertiary/aromatic N) is 1. The number of carbonyl (C=O) groups excluding carboxylic acids is 1. The molecule has 0 atom stereocenters. The number of hydrogen-bond acceptors (Lipinski definition) is 5. The third-order valence-electron chi connectivity index (χ3n) is 4.86. The molecule has 2 aliphatic heterocycles. The van der Waals surface area contributed by atoms with Crippen molar-refractivity contribution in [2.24, 2.45) is 0 Å². The summed E-state index contributed by atoms with van der Waals surface area (Å²) in [5.74, 6) is 0.662. The van der Waals surface area contributed by atoms with E-state index in [0.717, 1.165) is 5.46 Å². The Labute approximate surface area is 143 Å². The Morgan fingerprint density at radius 1 is 1.25 bits per heavy atom. The van der Waals surface area contributed by atoms with Gasteiger partial charge in [0.05, 0.1) is 30.0 Å². The van der Waals surface area contributed by atoms with Crippen LogP contribution in [-0.2, 0) is 14.0 Å². The molecule has 7 heteroatoms. The number of anilines is 1. The highest BCUT2D eigenvalue weighted by Gasteiger charge is 2.51. The van der Waals surface area contributed by atoms with Gasteiger partial charge in [0.15, 0.2) is 0 Å². The predicted molar refractivity (Wildman–Crippen MR) is 92.0 cm³/mol. The molecule has 1 fully saturated rings. The smallest absolute Gasteiger partial charge is 0.490 e. The fourth-order valence-corrected chi connectivity index (χ4v) is 2.75. The van der Waals surface area contributed by atoms with Crippen LogP contribution >= 0.6 is 0 Å². The normalized spacial score (nSPS) is 21.2. The molecule has 3 rings (SSSR count). The number of carbonyl (C=O) groups is 1. The fraction of sp³-hybridized carbons (Fsp3) is 0.588. The van der Waals surface area contributed by atoms with Gasteiger partial charge in [0, 0.05) is 0 Å². The standard InChI is InChI=1S/C17H24BNO5/c1-6-21-15(20)19-9-10-22-14-8-7-12(11-13(14)19)18-23-16(2,3)17(4,5)24-18/h7-8,11H,6,9-10H2,1-5H3. The highest BCUT2D eigenvalue weighted by atomic mass is 16.7. The molecule has 0 aromatic heterocycles. The van der Waals surface area contributed by atoms with E-state index in [0.29, 0.717) is 31.2 Å². The molecule has 0 unspecified atom stereocenters. The predicted octanol–water partition coefficient (Wildman–Crippen LogP) is 2.34. The third-order valence-corrected chi connectivity index (χ3v) is 4.86. The van der Waals surface area contributed by atoms with Gasteiger partial charge in [0.1, 0.15) is 12.4 Å². The summed E-state index contributed by atoms with van der Waals surface area (Å²) >= 11 is 0. The van der Waals surface area contributed by atoms with E-state index in [9.17, 15) is 4.79 Å². The second kappa shape index (κ2) is 5.97. The molecule has 0 aliphatic carbocycles. The summed E-state index contributed by atoms with van der Waals surface area (Å²) in [6.45, 7) is 11.1. The van der Waals surface area contributed by atoms with Gasteiger partial charge in [-0.2, -0.15) is 0 Å². The lowest BCUT2D eigenvalue weighted by Gasteiger charge is -2.32. The molecule has 0 radical (unpaired) electrons. The van der Waals surface area contributed by atoms with Crippen LogP contribution in [0.4, 0.5) is 10.5 Å². The second-order valence-electron chi connectivity index (χ2n) is 7.01. The van der Waals surface area contributed by atoms with Crippen molar-refractivity contribution in [1.29, 1.82) is 0 Å². The SMILES string of the molecule is CCOC(=O)N1CCOc2ccc(B3OC(C)(C)C(C)(C)O3)cc21. The summed E-state index contributed by atoms with van der Waals surface area (Å²) in [5, 5.41) is 0. The number of ether oxygens (including phenoxy) is 2. The van der Waals surface area contributed by atoms with E-state index in [1.807, 2.05) is 45.9 Å². The van der Waals surface area contributed by atoms with Gasteiger partial charge in [0.25, 0.3) is 0 Å². The molecule has 1 aromatic rings. The number of rotatable bonds is 2. The summed E-state index contributed by atoms with van der Waals surface area (Å²) in [6.07, 6.45) is -0.367. The molecule has 24 heavy (non-hydrogen) atoms. The van der Waals surface area contributed by atoms with Gasteiger partial charge in [-0.25, -0.2) is 4.79 Å². The molecule has 0 bridgehead atoms. The molecule has 2 heterocycles. The lowest BCUT2D eigenvalue weighted by Crippen LogP contribution is -2.41. The number of fused-ring (bicyclic) bond motifs is 1. The summed E-state index contributed by atoms with van der Waals surface area (Å²) in [6, 6.07) is 5.64. The Bertz CT molecular complexity index is 630. The van der Waals surface area contributed by atoms with Crippen LogP contribution in [-0.4, -0.2) is 44.2 Å². The first-order valence-electron chi connectivity index (χ1n) is 8.32. The van der Waals surface area contributed by atoms with Crippen molar-refractivity contribution >= 4 is 24.4 Å². The molecule has 1 saturated heterocycles. The van der Waals surface area contributed by atoms with Crippen LogP contribution in [0.25, 0.3) is 0 Å². The van der Waals surface area contributed by atoms with Crippen LogP contribution in [0, 0.1) is 0 Å². The zero-order valence-electron chi connectivity index (χ0n) is 14.9. The van der Waals surface area contributed by atoms with Crippen molar-refractivity contribution in [2.75, 3.05) is 24.7 Å². The van der Waals surface area contributed by atoms with Gasteiger partial charge in [0.2, 0.25) is 0 Å². The highest BCUT2D eigenvalue weighted by molar-refractivity contribution is 6.62. The van der Waals surface area contributed by atoms with Crippen molar-refractivity contribution in [3.8, 4) is 5.75 Å². The molecule has 0 N–H and O–H groups in total. The van der Waals surface area contributed by atoms with Crippen molar-refractivity contribution in [3.05, 3.63) is 18.2 Å². The largest absolute Gasteiger partial charge is 0.494 e. The van der Waals surface area contributed by atoms with Crippen molar-refractivity contribution in [3.63, 3.8) is 0 Å². The minimum Gasteiger partial charge on any atom is -0.490 e. The van der Waals surface area contributed by atoms with Gasteiger partial charge in [-0.05, 0) is 52.2 Å². The van der Waals surface area contributed by atoms with Crippen LogP contribution in [0.15, 0.2) is 18.2 Å². The molecule has 130 valence electrons. The van der Waals surface area contributed by atoms with E-state index in [4.69, 9.17) is 18.8 Å². The maximum absolute atomic E-state index is 12.2. The van der Waals surface area contributed by atoms with Crippen LogP contribution in [0.3, 0.4) is 0 Å². The first kappa shape index (κ1) is 17.1. The monoisotopic (exact) mass is 333 g/mol. The van der Waals surface area contributed by atoms with Crippen LogP contribution in [0.5, 0.6) is 5.75 Å². The zero-order valence-corrected chi connectivity index (χ0v) is 14.9. The van der Waals surface area contributed by atoms with Gasteiger partial charge in [-0.15, -0.1) is 0 Å². The van der Waals surface area contributed by atoms with Crippen molar-refractivity contribution in [2.45, 2.75) is 45.8 Å². The Hall–Kier alpha value is -1.73. The molecule has 1 aromatic carbocycles. The second-order valence-corrected chi connectivity index (χ2v) is 7.01. The highest BCUT2D eigenvalue weighted by Crippen LogP contribution is 2.37. The number of amides is 1. The molecule has 0 spiro atoms. The Morgan fingerprint density at radius 3 is 2.54 bits per heavy atom. The van der Waals surface area contributed by atoms with Gasteiger partial charge >= 0.3 is 13.2 Å². The first-order valence-corrected chi connectivity index (χ1v) is 8.32. The number of hydrogen-bond donors (Lipinski definition) is 0. The Balaban J connectivity index is 1.91. The molecule has 1 amide bonds. The Kier molecular flexibility index (Phi) is 4.26. The molecule has 0 saturated carbocycles. The fourth-order valence-electron chi connectivity index (χ4n) is 2.75. The third kappa shape index (κ3) is 2.87. The van der Waals surface area contributed by atoms with Crippen LogP contribution in [0.2, 0.25) is 0 Å². The average molecular weight is 333 g/mol. The van der Waals surface area contributed by atoms with E-state index in [1.165, 1.54) is 0 Å². The van der Waals surface area contributed by atoms with Crippen LogP contribution in [0.1, 0.15) is 34.6 Å². The maximum Gasteiger partial charge on any atom is 0.494 e. The molecule has 2 aliphatic rings. The minimum absolute atomic E-state index is 0.336. The van der Waals surface area contributed by atoms with Crippen LogP contribution < -0.4 is 15.1 Å². The minimum atomic E-state index is -0.480. The van der Waals surface area contributed by atoms with E-state index in [-0.39, 0.29) is 6.09 Å². The molecule has 6 nitrogen and oxygen atoms in total. The van der Waals surface area contributed by atoms with Gasteiger partial charge < -0.3 is 18.8 Å². The Morgan fingerprint density at radius 2 is 1.92 bits per heavy atom. The summed E-state index contributed by atoms with van der Waals surface area (Å²) in [5.41, 5.74) is 0.717. The lowest BCUT2D eigenvalue weighted by atomic mass is 9.78. The van der Waals surface area contributed by atoms with Gasteiger partial charge in [-0.1, -0.05) is 6.07 Å². The molecular formula is C17H24BNO5. The van der Waals surface area contributed by atoms with E-state index in [2.05, 4.69) is 0 Å². The van der Waals surface area contributed by atoms with E-state index < -0.39 is 18.3 Å². The number of benzene rings is 1. The average Bonchev–Trinajstić information content (AvgIpc) is 2.74. The topological polar surface area (TPSA) is 57.2 Å².